The van der Waals surface area contributed by atoms with Gasteiger partial charge in [0.05, 0.1) is 37.9 Å². The second-order valence-corrected chi connectivity index (χ2v) is 8.06. The number of ether oxygens (including phenoxy) is 1. The Kier molecular flexibility index (Phi) is 5.92. The molecule has 0 unspecified atom stereocenters. The zero-order valence-corrected chi connectivity index (χ0v) is 17.7. The van der Waals surface area contributed by atoms with Crippen molar-refractivity contribution in [2.24, 2.45) is 5.92 Å². The van der Waals surface area contributed by atoms with Gasteiger partial charge in [0.15, 0.2) is 0 Å². The van der Waals surface area contributed by atoms with Crippen LogP contribution in [0.2, 0.25) is 0 Å². The highest BCUT2D eigenvalue weighted by atomic mass is 16.5. The van der Waals surface area contributed by atoms with Crippen LogP contribution >= 0.6 is 0 Å². The van der Waals surface area contributed by atoms with Crippen LogP contribution < -0.4 is 10.1 Å². The molecule has 3 heterocycles. The molecule has 2 aliphatic rings. The quantitative estimate of drug-likeness (QED) is 0.715. The van der Waals surface area contributed by atoms with Gasteiger partial charge in [0.1, 0.15) is 5.75 Å². The molecule has 0 saturated carbocycles. The first kappa shape index (κ1) is 20.9. The van der Waals surface area contributed by atoms with Gasteiger partial charge in [-0.2, -0.15) is 5.10 Å². The number of piperazine rings is 1. The highest BCUT2D eigenvalue weighted by Gasteiger charge is 2.50. The van der Waals surface area contributed by atoms with E-state index in [0.717, 1.165) is 11.1 Å². The van der Waals surface area contributed by atoms with Crippen molar-refractivity contribution >= 4 is 17.7 Å². The van der Waals surface area contributed by atoms with Gasteiger partial charge in [-0.15, -0.1) is 0 Å². The second kappa shape index (κ2) is 8.79. The Labute approximate surface area is 180 Å². The molecule has 4 rings (SSSR count). The SMILES string of the molecule is COc1ccc([C@H]2[C@@H](C(=O)NCCc3cn[nH]c3)C[C@H]3CN(C(C)=O)CC(=O)N32)cc1. The molecule has 1 aromatic heterocycles. The Morgan fingerprint density at radius 2 is 2.06 bits per heavy atom. The molecule has 0 spiro atoms. The van der Waals surface area contributed by atoms with Crippen LogP contribution in [0, 0.1) is 5.92 Å². The molecule has 2 aromatic rings. The van der Waals surface area contributed by atoms with Crippen molar-refractivity contribution in [3.8, 4) is 5.75 Å². The highest BCUT2D eigenvalue weighted by molar-refractivity contribution is 5.88. The van der Waals surface area contributed by atoms with Crippen molar-refractivity contribution in [3.63, 3.8) is 0 Å². The lowest BCUT2D eigenvalue weighted by molar-refractivity contribution is -0.148. The van der Waals surface area contributed by atoms with Crippen LogP contribution in [0.15, 0.2) is 36.7 Å². The fourth-order valence-electron chi connectivity index (χ4n) is 4.60. The van der Waals surface area contributed by atoms with Crippen molar-refractivity contribution in [2.75, 3.05) is 26.7 Å². The average Bonchev–Trinajstić information content (AvgIpc) is 3.41. The van der Waals surface area contributed by atoms with E-state index in [4.69, 9.17) is 4.74 Å². The van der Waals surface area contributed by atoms with Gasteiger partial charge >= 0.3 is 0 Å². The van der Waals surface area contributed by atoms with Crippen LogP contribution in [0.3, 0.4) is 0 Å². The third kappa shape index (κ3) is 4.26. The zero-order chi connectivity index (χ0) is 22.0. The molecule has 2 N–H and O–H groups in total. The van der Waals surface area contributed by atoms with Gasteiger partial charge < -0.3 is 19.9 Å². The maximum absolute atomic E-state index is 13.2. The smallest absolute Gasteiger partial charge is 0.243 e. The number of hydrogen-bond donors (Lipinski definition) is 2. The predicted octanol–water partition coefficient (Wildman–Crippen LogP) is 0.898. The van der Waals surface area contributed by atoms with Crippen molar-refractivity contribution < 1.29 is 19.1 Å². The first-order valence-electron chi connectivity index (χ1n) is 10.4. The summed E-state index contributed by atoms with van der Waals surface area (Å²) in [6.45, 7) is 2.46. The summed E-state index contributed by atoms with van der Waals surface area (Å²) in [5.41, 5.74) is 1.91. The zero-order valence-electron chi connectivity index (χ0n) is 17.7. The number of fused-ring (bicyclic) bond motifs is 1. The summed E-state index contributed by atoms with van der Waals surface area (Å²) in [5, 5.41) is 9.70. The topological polar surface area (TPSA) is 108 Å². The summed E-state index contributed by atoms with van der Waals surface area (Å²) >= 11 is 0. The molecule has 2 aliphatic heterocycles. The van der Waals surface area contributed by atoms with Crippen LogP contribution in [-0.2, 0) is 20.8 Å². The van der Waals surface area contributed by atoms with Gasteiger partial charge in [0, 0.05) is 26.2 Å². The summed E-state index contributed by atoms with van der Waals surface area (Å²) in [5.74, 6) is -0.00500. The number of nitrogens with one attached hydrogen (secondary N) is 2. The summed E-state index contributed by atoms with van der Waals surface area (Å²) in [6, 6.07) is 6.94. The number of H-pyrrole nitrogens is 1. The van der Waals surface area contributed by atoms with Gasteiger partial charge in [-0.1, -0.05) is 12.1 Å². The van der Waals surface area contributed by atoms with Crippen molar-refractivity contribution in [3.05, 3.63) is 47.8 Å². The minimum Gasteiger partial charge on any atom is -0.497 e. The molecule has 164 valence electrons. The number of amides is 3. The molecule has 31 heavy (non-hydrogen) atoms. The molecule has 3 amide bonds. The first-order valence-corrected chi connectivity index (χ1v) is 10.4. The molecule has 2 saturated heterocycles. The van der Waals surface area contributed by atoms with E-state index < -0.39 is 5.92 Å². The number of methoxy groups -OCH3 is 1. The number of carbonyl (C=O) groups excluding carboxylic acids is 3. The Hall–Kier alpha value is -3.36. The van der Waals surface area contributed by atoms with E-state index in [0.29, 0.717) is 31.7 Å². The maximum Gasteiger partial charge on any atom is 0.243 e. The Bertz CT molecular complexity index is 943. The molecular formula is C22H27N5O4. The number of benzene rings is 1. The summed E-state index contributed by atoms with van der Waals surface area (Å²) in [6.07, 6.45) is 4.73. The molecule has 0 bridgehead atoms. The largest absolute Gasteiger partial charge is 0.497 e. The normalized spacial score (nSPS) is 22.9. The van der Waals surface area contributed by atoms with E-state index in [-0.39, 0.29) is 36.3 Å². The molecule has 2 fully saturated rings. The lowest BCUT2D eigenvalue weighted by atomic mass is 9.92. The average molecular weight is 425 g/mol. The summed E-state index contributed by atoms with van der Waals surface area (Å²) < 4.78 is 5.25. The maximum atomic E-state index is 13.2. The first-order chi connectivity index (χ1) is 15.0. The molecule has 9 heteroatoms. The number of aromatic nitrogens is 2. The number of nitrogens with zero attached hydrogens (tertiary/aromatic N) is 3. The van der Waals surface area contributed by atoms with E-state index in [9.17, 15) is 14.4 Å². The minimum absolute atomic E-state index is 0.0489. The van der Waals surface area contributed by atoms with E-state index in [1.807, 2.05) is 29.2 Å². The molecule has 0 radical (unpaired) electrons. The Morgan fingerprint density at radius 3 is 2.71 bits per heavy atom. The van der Waals surface area contributed by atoms with E-state index in [1.165, 1.54) is 6.92 Å². The number of carbonyl (C=O) groups is 3. The Morgan fingerprint density at radius 1 is 1.29 bits per heavy atom. The molecule has 0 aliphatic carbocycles. The van der Waals surface area contributed by atoms with Crippen LogP contribution in [0.4, 0.5) is 0 Å². The number of hydrogen-bond acceptors (Lipinski definition) is 5. The predicted molar refractivity (Wildman–Crippen MR) is 112 cm³/mol. The summed E-state index contributed by atoms with van der Waals surface area (Å²) in [4.78, 5) is 41.4. The lowest BCUT2D eigenvalue weighted by Gasteiger charge is -2.39. The second-order valence-electron chi connectivity index (χ2n) is 8.06. The van der Waals surface area contributed by atoms with Gasteiger partial charge in [-0.25, -0.2) is 0 Å². The van der Waals surface area contributed by atoms with Crippen LogP contribution in [0.1, 0.15) is 30.5 Å². The fourth-order valence-corrected chi connectivity index (χ4v) is 4.60. The third-order valence-electron chi connectivity index (χ3n) is 6.15. The highest BCUT2D eigenvalue weighted by Crippen LogP contribution is 2.43. The third-order valence-corrected chi connectivity index (χ3v) is 6.15. The van der Waals surface area contributed by atoms with Crippen LogP contribution in [0.25, 0.3) is 0 Å². The van der Waals surface area contributed by atoms with E-state index in [2.05, 4.69) is 15.5 Å². The van der Waals surface area contributed by atoms with E-state index >= 15 is 0 Å². The van der Waals surface area contributed by atoms with Crippen molar-refractivity contribution in [2.45, 2.75) is 31.8 Å². The molecular weight excluding hydrogens is 398 g/mol. The minimum atomic E-state index is -0.390. The molecule has 9 nitrogen and oxygen atoms in total. The van der Waals surface area contributed by atoms with Crippen molar-refractivity contribution in [1.29, 1.82) is 0 Å². The van der Waals surface area contributed by atoms with Gasteiger partial charge in [-0.05, 0) is 36.1 Å². The van der Waals surface area contributed by atoms with Gasteiger partial charge in [0.25, 0.3) is 0 Å². The lowest BCUT2D eigenvalue weighted by Crippen LogP contribution is -2.55. The summed E-state index contributed by atoms with van der Waals surface area (Å²) in [7, 11) is 1.60. The standard InChI is InChI=1S/C22H27N5O4/c1-14(28)26-12-17-9-19(22(30)23-8-7-15-10-24-25-11-15)21(27(17)20(29)13-26)16-3-5-18(31-2)6-4-16/h3-6,10-11,17,19,21H,7-9,12-13H2,1-2H3,(H,23,30)(H,24,25)/t17-,19-,21-/m0/s1. The van der Waals surface area contributed by atoms with E-state index in [1.54, 1.807) is 24.4 Å². The van der Waals surface area contributed by atoms with Crippen LogP contribution in [-0.4, -0.2) is 70.5 Å². The molecule has 1 aromatic carbocycles. The number of rotatable bonds is 6. The monoisotopic (exact) mass is 425 g/mol. The van der Waals surface area contributed by atoms with Gasteiger partial charge in [-0.3, -0.25) is 19.5 Å². The van der Waals surface area contributed by atoms with Gasteiger partial charge in [0.2, 0.25) is 17.7 Å². The number of aromatic amines is 1. The fraction of sp³-hybridized carbons (Fsp3) is 0.455. The van der Waals surface area contributed by atoms with Crippen molar-refractivity contribution in [1.82, 2.24) is 25.3 Å². The van der Waals surface area contributed by atoms with Crippen LogP contribution in [0.5, 0.6) is 5.75 Å². The Balaban J connectivity index is 1.55. The molecule has 3 atom stereocenters.